The number of pyridine rings is 1. The van der Waals surface area contributed by atoms with E-state index in [0.29, 0.717) is 38.0 Å². The van der Waals surface area contributed by atoms with Crippen molar-refractivity contribution in [3.05, 3.63) is 58.5 Å². The number of fused-ring (bicyclic) bond motifs is 1. The number of aromatic nitrogens is 1. The summed E-state index contributed by atoms with van der Waals surface area (Å²) in [5.74, 6) is -4.72. The fourth-order valence-corrected chi connectivity index (χ4v) is 6.04. The lowest BCUT2D eigenvalue weighted by molar-refractivity contribution is -0.143. The lowest BCUT2D eigenvalue weighted by Gasteiger charge is -2.28. The molecule has 0 saturated carbocycles. The number of carboxylic acids is 1. The number of alkyl halides is 2. The van der Waals surface area contributed by atoms with Gasteiger partial charge in [-0.1, -0.05) is 12.1 Å². The minimum atomic E-state index is -2.92. The average Bonchev–Trinajstić information content (AvgIpc) is 3.64. The third kappa shape index (κ3) is 6.95. The van der Waals surface area contributed by atoms with Gasteiger partial charge in [0.05, 0.1) is 19.3 Å². The zero-order valence-corrected chi connectivity index (χ0v) is 22.7. The normalized spacial score (nSPS) is 22.2. The first-order chi connectivity index (χ1) is 19.3. The highest BCUT2D eigenvalue weighted by atomic mass is 19.3. The highest BCUT2D eigenvalue weighted by molar-refractivity contribution is 5.76. The maximum absolute atomic E-state index is 15.3. The van der Waals surface area contributed by atoms with E-state index in [9.17, 15) is 14.3 Å². The van der Waals surface area contributed by atoms with Crippen LogP contribution in [0.3, 0.4) is 0 Å². The zero-order chi connectivity index (χ0) is 28.1. The molecule has 0 spiro atoms. The number of rotatable bonds is 12. The van der Waals surface area contributed by atoms with Crippen molar-refractivity contribution in [3.8, 4) is 0 Å². The molecule has 0 unspecified atom stereocenters. The van der Waals surface area contributed by atoms with Gasteiger partial charge in [-0.3, -0.25) is 9.69 Å². The number of carboxylic acid groups (broad SMARTS) is 1. The molecule has 2 fully saturated rings. The van der Waals surface area contributed by atoms with Crippen molar-refractivity contribution >= 4 is 11.8 Å². The summed E-state index contributed by atoms with van der Waals surface area (Å²) in [5, 5.41) is 13.4. The molecule has 5 rings (SSSR count). The molecule has 0 amide bonds. The van der Waals surface area contributed by atoms with Gasteiger partial charge in [0, 0.05) is 37.7 Å². The molecule has 3 aliphatic heterocycles. The third-order valence-corrected chi connectivity index (χ3v) is 8.33. The van der Waals surface area contributed by atoms with Crippen molar-refractivity contribution in [2.75, 3.05) is 38.2 Å². The summed E-state index contributed by atoms with van der Waals surface area (Å²) in [4.78, 5) is 18.6. The molecule has 0 bridgehead atoms. The lowest BCUT2D eigenvalue weighted by Crippen LogP contribution is -2.36. The van der Waals surface area contributed by atoms with Crippen LogP contribution in [0.2, 0.25) is 0 Å². The van der Waals surface area contributed by atoms with Gasteiger partial charge >= 0.3 is 5.97 Å². The number of unbranched alkanes of at least 4 members (excludes halogenated alkanes) is 1. The molecule has 0 aliphatic carbocycles. The van der Waals surface area contributed by atoms with Crippen LogP contribution in [0.1, 0.15) is 67.0 Å². The van der Waals surface area contributed by atoms with E-state index in [0.717, 1.165) is 37.3 Å². The molecule has 2 saturated heterocycles. The van der Waals surface area contributed by atoms with E-state index in [1.807, 2.05) is 6.07 Å². The molecule has 1 aromatic carbocycles. The number of likely N-dealkylation sites (tertiary alicyclic amines) is 1. The largest absolute Gasteiger partial charge is 0.480 e. The van der Waals surface area contributed by atoms with E-state index in [4.69, 9.17) is 9.47 Å². The quantitative estimate of drug-likeness (QED) is 0.337. The Balaban J connectivity index is 1.17. The Kier molecular flexibility index (Phi) is 9.27. The Hall–Kier alpha value is -2.69. The second-order valence-electron chi connectivity index (χ2n) is 11.2. The number of nitrogens with zero attached hydrogens (tertiary/aromatic N) is 2. The first kappa shape index (κ1) is 28.8. The van der Waals surface area contributed by atoms with Crippen molar-refractivity contribution in [1.29, 1.82) is 0 Å². The smallest absolute Gasteiger partial charge is 0.325 e. The van der Waals surface area contributed by atoms with E-state index >= 15 is 8.78 Å². The lowest BCUT2D eigenvalue weighted by atomic mass is 9.94. The number of ether oxygens (including phenoxy) is 2. The van der Waals surface area contributed by atoms with Crippen LogP contribution in [0, 0.1) is 11.7 Å². The van der Waals surface area contributed by atoms with Crippen molar-refractivity contribution in [3.63, 3.8) is 0 Å². The molecule has 4 heterocycles. The second-order valence-corrected chi connectivity index (χ2v) is 11.2. The summed E-state index contributed by atoms with van der Waals surface area (Å²) in [6.45, 7) is 2.22. The van der Waals surface area contributed by atoms with E-state index in [2.05, 4.69) is 16.4 Å². The topological polar surface area (TPSA) is 83.9 Å². The number of hydrogen-bond acceptors (Lipinski definition) is 6. The van der Waals surface area contributed by atoms with Crippen LogP contribution in [0.4, 0.5) is 19.0 Å². The van der Waals surface area contributed by atoms with Crippen LogP contribution in [0.25, 0.3) is 0 Å². The number of aliphatic carboxylic acids is 1. The summed E-state index contributed by atoms with van der Waals surface area (Å²) in [6.07, 6.45) is 4.27. The molecule has 3 atom stereocenters. The summed E-state index contributed by atoms with van der Waals surface area (Å²) in [6, 6.07) is 6.81. The highest BCUT2D eigenvalue weighted by Crippen LogP contribution is 2.40. The zero-order valence-electron chi connectivity index (χ0n) is 22.7. The van der Waals surface area contributed by atoms with Crippen molar-refractivity contribution in [2.45, 2.75) is 76.0 Å². The van der Waals surface area contributed by atoms with Gasteiger partial charge in [0.2, 0.25) is 0 Å². The number of anilines is 1. The van der Waals surface area contributed by atoms with E-state index in [1.54, 1.807) is 4.90 Å². The number of benzene rings is 1. The number of nitrogens with one attached hydrogen (secondary N) is 1. The first-order valence-corrected chi connectivity index (χ1v) is 14.3. The fourth-order valence-electron chi connectivity index (χ4n) is 6.04. The Morgan fingerprint density at radius 3 is 2.92 bits per heavy atom. The highest BCUT2D eigenvalue weighted by Gasteiger charge is 2.45. The van der Waals surface area contributed by atoms with Crippen LogP contribution in [-0.2, 0) is 33.7 Å². The van der Waals surface area contributed by atoms with Gasteiger partial charge in [-0.2, -0.15) is 0 Å². The molecule has 10 heteroatoms. The standard InChI is InChI=1S/C30H38F3N3O4/c31-23-8-6-21(18-40-25-11-15-39-19-25)26(16-23)27(29(37)38)36-14-10-22(17-36)30(32,33)12-2-1-5-24-9-7-20-4-3-13-34-28(20)35-24/h6-9,16,22,25,27H,1-5,10-15,17-19H2,(H,34,35)(H,37,38)/t22-,25-,27-/m1/s1. The van der Waals surface area contributed by atoms with Crippen molar-refractivity contribution < 1.29 is 32.5 Å². The summed E-state index contributed by atoms with van der Waals surface area (Å²) in [7, 11) is 0. The minimum absolute atomic E-state index is 0.0602. The van der Waals surface area contributed by atoms with E-state index < -0.39 is 29.7 Å². The Morgan fingerprint density at radius 1 is 1.25 bits per heavy atom. The number of aryl methyl sites for hydroxylation is 2. The molecule has 3 aliphatic rings. The summed E-state index contributed by atoms with van der Waals surface area (Å²) >= 11 is 0. The molecule has 0 radical (unpaired) electrons. The molecule has 2 aromatic rings. The molecule has 40 heavy (non-hydrogen) atoms. The van der Waals surface area contributed by atoms with Crippen LogP contribution in [0.15, 0.2) is 30.3 Å². The fraction of sp³-hybridized carbons (Fsp3) is 0.600. The van der Waals surface area contributed by atoms with E-state index in [1.165, 1.54) is 23.8 Å². The first-order valence-electron chi connectivity index (χ1n) is 14.3. The maximum atomic E-state index is 15.3. The van der Waals surface area contributed by atoms with Crippen LogP contribution >= 0.6 is 0 Å². The van der Waals surface area contributed by atoms with Crippen LogP contribution < -0.4 is 5.32 Å². The predicted molar refractivity (Wildman–Crippen MR) is 144 cm³/mol. The molecule has 2 N–H and O–H groups in total. The van der Waals surface area contributed by atoms with Gasteiger partial charge in [-0.05, 0) is 86.4 Å². The molecular weight excluding hydrogens is 523 g/mol. The van der Waals surface area contributed by atoms with Gasteiger partial charge < -0.3 is 19.9 Å². The van der Waals surface area contributed by atoms with Crippen molar-refractivity contribution in [1.82, 2.24) is 9.88 Å². The molecule has 1 aromatic heterocycles. The SMILES string of the molecule is O=C(O)[C@@H](c1cc(F)ccc1CO[C@@H]1CCOC1)N1CC[C@@H](C(F)(F)CCCCc2ccc3c(n2)NCCC3)C1. The second kappa shape index (κ2) is 12.9. The van der Waals surface area contributed by atoms with Crippen LogP contribution in [0.5, 0.6) is 0 Å². The summed E-state index contributed by atoms with van der Waals surface area (Å²) in [5.41, 5.74) is 2.90. The molecular formula is C30H38F3N3O4. The predicted octanol–water partition coefficient (Wildman–Crippen LogP) is 5.38. The van der Waals surface area contributed by atoms with E-state index in [-0.39, 0.29) is 44.2 Å². The average molecular weight is 562 g/mol. The monoisotopic (exact) mass is 561 g/mol. The number of hydrogen-bond donors (Lipinski definition) is 2. The Labute approximate surface area is 233 Å². The van der Waals surface area contributed by atoms with Gasteiger partial charge in [0.25, 0.3) is 5.92 Å². The van der Waals surface area contributed by atoms with Gasteiger partial charge in [-0.25, -0.2) is 18.2 Å². The van der Waals surface area contributed by atoms with Crippen LogP contribution in [-0.4, -0.2) is 65.8 Å². The minimum Gasteiger partial charge on any atom is -0.480 e. The van der Waals surface area contributed by atoms with Gasteiger partial charge in [-0.15, -0.1) is 0 Å². The maximum Gasteiger partial charge on any atom is 0.325 e. The van der Waals surface area contributed by atoms with Gasteiger partial charge in [0.1, 0.15) is 17.7 Å². The summed E-state index contributed by atoms with van der Waals surface area (Å²) < 4.78 is 56.0. The van der Waals surface area contributed by atoms with Gasteiger partial charge in [0.15, 0.2) is 0 Å². The van der Waals surface area contributed by atoms with Crippen molar-refractivity contribution in [2.24, 2.45) is 5.92 Å². The Bertz CT molecular complexity index is 1170. The Morgan fingerprint density at radius 2 is 2.12 bits per heavy atom. The third-order valence-electron chi connectivity index (χ3n) is 8.33. The molecule has 218 valence electrons. The molecule has 7 nitrogen and oxygen atoms in total. The number of carbonyl (C=O) groups is 1. The number of halogens is 3.